The molecule has 0 saturated carbocycles. The van der Waals surface area contributed by atoms with Crippen molar-refractivity contribution in [2.75, 3.05) is 25.0 Å². The number of nitrogens with zero attached hydrogens (tertiary/aromatic N) is 1. The van der Waals surface area contributed by atoms with E-state index in [1.807, 2.05) is 4.90 Å². The summed E-state index contributed by atoms with van der Waals surface area (Å²) in [6.07, 6.45) is -2.69. The first-order valence-corrected chi connectivity index (χ1v) is 7.47. The highest BCUT2D eigenvalue weighted by atomic mass is 35.5. The number of ether oxygens (including phenoxy) is 2. The van der Waals surface area contributed by atoms with Crippen LogP contribution in [0.4, 0.5) is 14.5 Å². The molecule has 0 atom stereocenters. The molecule has 0 aliphatic carbocycles. The molecule has 2 N–H and O–H groups in total. The fraction of sp³-hybridized carbons (Fsp3) is 0.467. The van der Waals surface area contributed by atoms with Gasteiger partial charge in [-0.3, -0.25) is 14.5 Å². The normalized spacial score (nSPS) is 19.1. The summed E-state index contributed by atoms with van der Waals surface area (Å²) in [4.78, 5) is 24.8. The quantitative estimate of drug-likeness (QED) is 0.834. The number of anilines is 1. The molecule has 25 heavy (non-hydrogen) atoms. The fourth-order valence-electron chi connectivity index (χ4n) is 2.77. The van der Waals surface area contributed by atoms with Crippen molar-refractivity contribution in [2.45, 2.75) is 19.1 Å². The predicted molar refractivity (Wildman–Crippen MR) is 85.3 cm³/mol. The first-order chi connectivity index (χ1) is 11.3. The van der Waals surface area contributed by atoms with Crippen molar-refractivity contribution in [1.82, 2.24) is 4.90 Å². The number of benzene rings is 1. The Hall–Kier alpha value is -2.13. The Morgan fingerprint density at radius 2 is 1.88 bits per heavy atom. The summed E-state index contributed by atoms with van der Waals surface area (Å²) >= 11 is 0. The summed E-state index contributed by atoms with van der Waals surface area (Å²) in [5.74, 6) is -1.71. The number of aliphatic carboxylic acids is 1. The maximum atomic E-state index is 12.9. The van der Waals surface area contributed by atoms with Gasteiger partial charge in [0, 0.05) is 11.8 Å². The van der Waals surface area contributed by atoms with Crippen LogP contribution in [0.1, 0.15) is 12.8 Å². The molecule has 2 aliphatic heterocycles. The number of carbonyl (C=O) groups is 2. The summed E-state index contributed by atoms with van der Waals surface area (Å²) in [5.41, 5.74) is 0.320. The molecule has 1 amide bonds. The van der Waals surface area contributed by atoms with Crippen LogP contribution >= 0.6 is 12.4 Å². The molecule has 7 nitrogen and oxygen atoms in total. The molecule has 2 heterocycles. The maximum Gasteiger partial charge on any atom is 0.586 e. The number of amides is 1. The molecule has 0 spiro atoms. The van der Waals surface area contributed by atoms with E-state index in [2.05, 4.69) is 14.8 Å². The zero-order valence-electron chi connectivity index (χ0n) is 13.0. The standard InChI is InChI=1S/C15H16F2N2O5.ClH/c16-15(17)23-11-2-1-10(7-12(11)24-15)18-13(20)8-19-5-3-9(4-6-19)14(21)22;/h1-2,7,9H,3-6,8H2,(H,18,20)(H,21,22);1H. The summed E-state index contributed by atoms with van der Waals surface area (Å²) in [6.45, 7) is 1.16. The first-order valence-electron chi connectivity index (χ1n) is 7.47. The van der Waals surface area contributed by atoms with Gasteiger partial charge in [-0.1, -0.05) is 0 Å². The van der Waals surface area contributed by atoms with Crippen molar-refractivity contribution in [3.63, 3.8) is 0 Å². The number of hydrogen-bond acceptors (Lipinski definition) is 5. The third kappa shape index (κ3) is 4.70. The van der Waals surface area contributed by atoms with Crippen LogP contribution in [0.2, 0.25) is 0 Å². The number of hydrogen-bond donors (Lipinski definition) is 2. The van der Waals surface area contributed by atoms with Crippen LogP contribution in [0.5, 0.6) is 11.5 Å². The van der Waals surface area contributed by atoms with Crippen molar-refractivity contribution in [1.29, 1.82) is 0 Å². The predicted octanol–water partition coefficient (Wildman–Crippen LogP) is 2.17. The molecule has 0 radical (unpaired) electrons. The Morgan fingerprint density at radius 1 is 1.24 bits per heavy atom. The number of nitrogens with one attached hydrogen (secondary N) is 1. The first kappa shape index (κ1) is 19.2. The Bertz CT molecular complexity index is 665. The van der Waals surface area contributed by atoms with E-state index in [0.29, 0.717) is 31.6 Å². The largest absolute Gasteiger partial charge is 0.586 e. The highest BCUT2D eigenvalue weighted by Gasteiger charge is 2.43. The molecule has 1 aromatic rings. The summed E-state index contributed by atoms with van der Waals surface area (Å²) < 4.78 is 34.5. The molecule has 1 saturated heterocycles. The van der Waals surface area contributed by atoms with Gasteiger partial charge in [0.15, 0.2) is 11.5 Å². The minimum Gasteiger partial charge on any atom is -0.481 e. The number of alkyl halides is 2. The number of carboxylic acids is 1. The average Bonchev–Trinajstić information content (AvgIpc) is 2.80. The number of rotatable bonds is 4. The van der Waals surface area contributed by atoms with E-state index < -0.39 is 12.3 Å². The van der Waals surface area contributed by atoms with Crippen molar-refractivity contribution >= 4 is 30.0 Å². The van der Waals surface area contributed by atoms with E-state index in [1.54, 1.807) is 0 Å². The molecule has 0 bridgehead atoms. The third-order valence-corrected chi connectivity index (χ3v) is 3.99. The topological polar surface area (TPSA) is 88.1 Å². The summed E-state index contributed by atoms with van der Waals surface area (Å²) in [5, 5.41) is 11.5. The number of piperidine rings is 1. The monoisotopic (exact) mass is 378 g/mol. The second kappa shape index (κ2) is 7.40. The van der Waals surface area contributed by atoms with Gasteiger partial charge in [0.1, 0.15) is 0 Å². The minimum absolute atomic E-state index is 0. The van der Waals surface area contributed by atoms with Crippen molar-refractivity contribution in [3.05, 3.63) is 18.2 Å². The van der Waals surface area contributed by atoms with E-state index >= 15 is 0 Å². The zero-order chi connectivity index (χ0) is 17.3. The van der Waals surface area contributed by atoms with E-state index in [0.717, 1.165) is 0 Å². The summed E-state index contributed by atoms with van der Waals surface area (Å²) in [7, 11) is 0. The Balaban J connectivity index is 0.00000225. The highest BCUT2D eigenvalue weighted by Crippen LogP contribution is 2.42. The molecule has 138 valence electrons. The molecular formula is C15H17ClF2N2O5. The molecule has 1 aromatic carbocycles. The maximum absolute atomic E-state index is 12.9. The summed E-state index contributed by atoms with van der Waals surface area (Å²) in [6, 6.07) is 4.01. The molecule has 2 aliphatic rings. The van der Waals surface area contributed by atoms with Crippen molar-refractivity contribution in [2.24, 2.45) is 5.92 Å². The van der Waals surface area contributed by atoms with Gasteiger partial charge >= 0.3 is 12.3 Å². The van der Waals surface area contributed by atoms with Gasteiger partial charge in [-0.15, -0.1) is 21.2 Å². The number of fused-ring (bicyclic) bond motifs is 1. The van der Waals surface area contributed by atoms with Crippen LogP contribution in [0.25, 0.3) is 0 Å². The Morgan fingerprint density at radius 3 is 2.52 bits per heavy atom. The van der Waals surface area contributed by atoms with E-state index in [9.17, 15) is 18.4 Å². The highest BCUT2D eigenvalue weighted by molar-refractivity contribution is 5.92. The van der Waals surface area contributed by atoms with Crippen molar-refractivity contribution in [3.8, 4) is 11.5 Å². The fourth-order valence-corrected chi connectivity index (χ4v) is 2.77. The van der Waals surface area contributed by atoms with Gasteiger partial charge in [0.25, 0.3) is 0 Å². The van der Waals surface area contributed by atoms with Gasteiger partial charge in [-0.2, -0.15) is 0 Å². The van der Waals surface area contributed by atoms with Crippen molar-refractivity contribution < 1.29 is 33.0 Å². The van der Waals surface area contributed by atoms with E-state index in [1.165, 1.54) is 18.2 Å². The lowest BCUT2D eigenvalue weighted by Crippen LogP contribution is -2.40. The van der Waals surface area contributed by atoms with E-state index in [4.69, 9.17) is 5.11 Å². The smallest absolute Gasteiger partial charge is 0.481 e. The Labute approximate surface area is 148 Å². The van der Waals surface area contributed by atoms with E-state index in [-0.39, 0.29) is 42.3 Å². The van der Waals surface area contributed by atoms with Crippen LogP contribution in [-0.4, -0.2) is 47.8 Å². The molecular weight excluding hydrogens is 362 g/mol. The van der Waals surface area contributed by atoms with Crippen LogP contribution in [-0.2, 0) is 9.59 Å². The molecule has 0 aromatic heterocycles. The number of carbonyl (C=O) groups excluding carboxylic acids is 1. The Kier molecular flexibility index (Phi) is 5.69. The van der Waals surface area contributed by atoms with Gasteiger partial charge in [-0.25, -0.2) is 0 Å². The number of halogens is 3. The molecule has 3 rings (SSSR count). The van der Waals surface area contributed by atoms with Crippen LogP contribution in [0.3, 0.4) is 0 Å². The van der Waals surface area contributed by atoms with Gasteiger partial charge in [-0.05, 0) is 38.1 Å². The van der Waals surface area contributed by atoms with Crippen LogP contribution in [0.15, 0.2) is 18.2 Å². The second-order valence-electron chi connectivity index (χ2n) is 5.77. The van der Waals surface area contributed by atoms with Crippen LogP contribution < -0.4 is 14.8 Å². The zero-order valence-corrected chi connectivity index (χ0v) is 13.9. The van der Waals surface area contributed by atoms with Gasteiger partial charge < -0.3 is 19.9 Å². The minimum atomic E-state index is -3.69. The third-order valence-electron chi connectivity index (χ3n) is 3.99. The number of likely N-dealkylation sites (tertiary alicyclic amines) is 1. The average molecular weight is 379 g/mol. The number of carboxylic acid groups (broad SMARTS) is 1. The lowest BCUT2D eigenvalue weighted by Gasteiger charge is -2.29. The molecule has 1 fully saturated rings. The van der Waals surface area contributed by atoms with Crippen LogP contribution in [0, 0.1) is 5.92 Å². The lowest BCUT2D eigenvalue weighted by atomic mass is 9.97. The second-order valence-corrected chi connectivity index (χ2v) is 5.77. The van der Waals surface area contributed by atoms with Gasteiger partial charge in [0.05, 0.1) is 12.5 Å². The lowest BCUT2D eigenvalue weighted by molar-refractivity contribution is -0.286. The molecule has 0 unspecified atom stereocenters. The van der Waals surface area contributed by atoms with Gasteiger partial charge in [0.2, 0.25) is 5.91 Å². The molecule has 10 heteroatoms. The SMILES string of the molecule is Cl.O=C(CN1CCC(C(=O)O)CC1)Nc1ccc2c(c1)OC(F)(F)O2.